The number of carbonyl (C=O) groups is 1. The molecule has 0 amide bonds. The topological polar surface area (TPSA) is 63.3 Å². The number of nitrogens with two attached hydrogens (primary N) is 1. The van der Waals surface area contributed by atoms with Crippen LogP contribution in [0.1, 0.15) is 33.1 Å². The Morgan fingerprint density at radius 1 is 1.46 bits per heavy atom. The lowest BCUT2D eigenvalue weighted by molar-refractivity contribution is -0.120. The first-order valence-electron chi connectivity index (χ1n) is 4.46. The second-order valence-corrected chi connectivity index (χ2v) is 4.15. The van der Waals surface area contributed by atoms with Crippen LogP contribution in [-0.2, 0) is 4.79 Å². The molecule has 0 saturated carbocycles. The zero-order chi connectivity index (χ0) is 10.5. The second-order valence-electron chi connectivity index (χ2n) is 4.15. The first-order chi connectivity index (χ1) is 5.87. The fraction of sp³-hybridized carbons (Fsp3) is 0.700. The highest BCUT2D eigenvalue weighted by Gasteiger charge is 2.19. The minimum atomic E-state index is -0.131. The van der Waals surface area contributed by atoms with E-state index in [-0.39, 0.29) is 17.0 Å². The number of hydrogen-bond donors (Lipinski definition) is 2. The van der Waals surface area contributed by atoms with Crippen LogP contribution >= 0.6 is 0 Å². The molecule has 0 aromatic rings. The van der Waals surface area contributed by atoms with Gasteiger partial charge in [0.15, 0.2) is 0 Å². The standard InChI is InChI=1S/C10H19NO2/c1-8(12)4-5-9(13)6-10(2,3)7-11/h12H,1,4-7,11H2,2-3H3. The third-order valence-corrected chi connectivity index (χ3v) is 1.92. The molecule has 13 heavy (non-hydrogen) atoms. The van der Waals surface area contributed by atoms with Gasteiger partial charge in [-0.3, -0.25) is 4.79 Å². The van der Waals surface area contributed by atoms with E-state index in [1.54, 1.807) is 0 Å². The highest BCUT2D eigenvalue weighted by molar-refractivity contribution is 5.79. The molecule has 0 bridgehead atoms. The van der Waals surface area contributed by atoms with Crippen molar-refractivity contribution in [3.63, 3.8) is 0 Å². The minimum absolute atomic E-state index is 0.0684. The predicted octanol–water partition coefficient (Wildman–Crippen LogP) is 1.78. The first kappa shape index (κ1) is 12.2. The van der Waals surface area contributed by atoms with Gasteiger partial charge in [-0.05, 0) is 12.0 Å². The zero-order valence-corrected chi connectivity index (χ0v) is 8.47. The monoisotopic (exact) mass is 185 g/mol. The van der Waals surface area contributed by atoms with Gasteiger partial charge in [0.25, 0.3) is 0 Å². The summed E-state index contributed by atoms with van der Waals surface area (Å²) in [5, 5.41) is 8.79. The molecule has 0 spiro atoms. The molecule has 76 valence electrons. The van der Waals surface area contributed by atoms with E-state index >= 15 is 0 Å². The number of ketones is 1. The van der Waals surface area contributed by atoms with Gasteiger partial charge in [0.1, 0.15) is 5.78 Å². The molecule has 0 saturated heterocycles. The lowest BCUT2D eigenvalue weighted by Gasteiger charge is -2.20. The van der Waals surface area contributed by atoms with E-state index in [2.05, 4.69) is 6.58 Å². The Balaban J connectivity index is 3.81. The van der Waals surface area contributed by atoms with Crippen LogP contribution < -0.4 is 5.73 Å². The molecule has 0 aromatic heterocycles. The van der Waals surface area contributed by atoms with E-state index < -0.39 is 0 Å². The quantitative estimate of drug-likeness (QED) is 0.620. The summed E-state index contributed by atoms with van der Waals surface area (Å²) < 4.78 is 0. The van der Waals surface area contributed by atoms with Crippen LogP contribution in [0.5, 0.6) is 0 Å². The molecule has 0 aliphatic carbocycles. The summed E-state index contributed by atoms with van der Waals surface area (Å²) in [6.45, 7) is 7.74. The van der Waals surface area contributed by atoms with Crippen LogP contribution in [0, 0.1) is 5.41 Å². The maximum atomic E-state index is 11.3. The number of hydrogen-bond acceptors (Lipinski definition) is 3. The summed E-state index contributed by atoms with van der Waals surface area (Å²) in [5.41, 5.74) is 5.36. The van der Waals surface area contributed by atoms with Gasteiger partial charge in [0.2, 0.25) is 0 Å². The Labute approximate surface area is 79.6 Å². The number of carbonyl (C=O) groups excluding carboxylic acids is 1. The van der Waals surface area contributed by atoms with Crippen molar-refractivity contribution in [2.24, 2.45) is 11.1 Å². The van der Waals surface area contributed by atoms with Crippen molar-refractivity contribution in [2.45, 2.75) is 33.1 Å². The Morgan fingerprint density at radius 2 is 2.00 bits per heavy atom. The number of allylic oxidation sites excluding steroid dienone is 1. The lowest BCUT2D eigenvalue weighted by Crippen LogP contribution is -2.26. The third kappa shape index (κ3) is 6.34. The minimum Gasteiger partial charge on any atom is -0.513 e. The zero-order valence-electron chi connectivity index (χ0n) is 8.47. The molecule has 0 aliphatic rings. The van der Waals surface area contributed by atoms with Crippen LogP contribution in [0.4, 0.5) is 0 Å². The van der Waals surface area contributed by atoms with E-state index in [1.165, 1.54) is 0 Å². The first-order valence-corrected chi connectivity index (χ1v) is 4.46. The Hall–Kier alpha value is -0.830. The maximum absolute atomic E-state index is 11.3. The normalized spacial score (nSPS) is 11.3. The third-order valence-electron chi connectivity index (χ3n) is 1.92. The van der Waals surface area contributed by atoms with Gasteiger partial charge in [0.05, 0.1) is 5.76 Å². The van der Waals surface area contributed by atoms with Gasteiger partial charge < -0.3 is 10.8 Å². The maximum Gasteiger partial charge on any atom is 0.133 e. The lowest BCUT2D eigenvalue weighted by atomic mass is 9.86. The summed E-state index contributed by atoms with van der Waals surface area (Å²) >= 11 is 0. The summed E-state index contributed by atoms with van der Waals surface area (Å²) in [6, 6.07) is 0. The summed E-state index contributed by atoms with van der Waals surface area (Å²) in [7, 11) is 0. The van der Waals surface area contributed by atoms with Gasteiger partial charge in [-0.2, -0.15) is 0 Å². The van der Waals surface area contributed by atoms with E-state index in [4.69, 9.17) is 10.8 Å². The van der Waals surface area contributed by atoms with Crippen molar-refractivity contribution < 1.29 is 9.90 Å². The summed E-state index contributed by atoms with van der Waals surface area (Å²) in [5.74, 6) is 0.199. The van der Waals surface area contributed by atoms with Crippen molar-refractivity contribution in [3.05, 3.63) is 12.3 Å². The van der Waals surface area contributed by atoms with Crippen molar-refractivity contribution in [3.8, 4) is 0 Å². The number of Topliss-reactive ketones (excluding diaryl/α,β-unsaturated/α-hetero) is 1. The molecule has 0 heterocycles. The number of rotatable bonds is 6. The molecule has 0 atom stereocenters. The van der Waals surface area contributed by atoms with E-state index in [0.29, 0.717) is 25.8 Å². The van der Waals surface area contributed by atoms with E-state index in [0.717, 1.165) is 0 Å². The average Bonchev–Trinajstić information content (AvgIpc) is 2.00. The molecule has 3 heteroatoms. The van der Waals surface area contributed by atoms with Gasteiger partial charge in [-0.25, -0.2) is 0 Å². The van der Waals surface area contributed by atoms with Crippen LogP contribution in [0.3, 0.4) is 0 Å². The fourth-order valence-electron chi connectivity index (χ4n) is 0.978. The van der Waals surface area contributed by atoms with Crippen LogP contribution in [0.15, 0.2) is 12.3 Å². The Bertz CT molecular complexity index is 197. The fourth-order valence-corrected chi connectivity index (χ4v) is 0.978. The SMILES string of the molecule is C=C(O)CCC(=O)CC(C)(C)CN. The molecule has 0 unspecified atom stereocenters. The highest BCUT2D eigenvalue weighted by atomic mass is 16.3. The summed E-state index contributed by atoms with van der Waals surface area (Å²) in [6.07, 6.45) is 1.19. The molecule has 0 radical (unpaired) electrons. The smallest absolute Gasteiger partial charge is 0.133 e. The molecule has 0 rings (SSSR count). The molecule has 3 N–H and O–H groups in total. The molecule has 0 aromatic carbocycles. The van der Waals surface area contributed by atoms with Gasteiger partial charge in [0, 0.05) is 19.3 Å². The average molecular weight is 185 g/mol. The molecular formula is C10H19NO2. The predicted molar refractivity (Wildman–Crippen MR) is 53.5 cm³/mol. The van der Waals surface area contributed by atoms with Gasteiger partial charge >= 0.3 is 0 Å². The molecular weight excluding hydrogens is 166 g/mol. The van der Waals surface area contributed by atoms with Gasteiger partial charge in [-0.1, -0.05) is 20.4 Å². The Morgan fingerprint density at radius 3 is 2.38 bits per heavy atom. The highest BCUT2D eigenvalue weighted by Crippen LogP contribution is 2.19. The van der Waals surface area contributed by atoms with Crippen molar-refractivity contribution in [1.82, 2.24) is 0 Å². The number of aliphatic hydroxyl groups excluding tert-OH is 1. The van der Waals surface area contributed by atoms with Crippen molar-refractivity contribution >= 4 is 5.78 Å². The number of aliphatic hydroxyl groups is 1. The summed E-state index contributed by atoms with van der Waals surface area (Å²) in [4.78, 5) is 11.3. The van der Waals surface area contributed by atoms with Crippen LogP contribution in [0.2, 0.25) is 0 Å². The van der Waals surface area contributed by atoms with Crippen molar-refractivity contribution in [1.29, 1.82) is 0 Å². The van der Waals surface area contributed by atoms with Gasteiger partial charge in [-0.15, -0.1) is 0 Å². The van der Waals surface area contributed by atoms with E-state index in [1.807, 2.05) is 13.8 Å². The Kier molecular flexibility index (Phi) is 4.70. The van der Waals surface area contributed by atoms with Crippen LogP contribution in [0.25, 0.3) is 0 Å². The van der Waals surface area contributed by atoms with Crippen LogP contribution in [-0.4, -0.2) is 17.4 Å². The second kappa shape index (κ2) is 5.02. The van der Waals surface area contributed by atoms with Crippen molar-refractivity contribution in [2.75, 3.05) is 6.54 Å². The largest absolute Gasteiger partial charge is 0.513 e. The molecule has 0 aliphatic heterocycles. The van der Waals surface area contributed by atoms with E-state index in [9.17, 15) is 4.79 Å². The molecule has 0 fully saturated rings. The molecule has 3 nitrogen and oxygen atoms in total.